The third kappa shape index (κ3) is 4.41. The Kier molecular flexibility index (Phi) is 4.75. The minimum absolute atomic E-state index is 0.133. The summed E-state index contributed by atoms with van der Waals surface area (Å²) in [5.41, 5.74) is 5.46. The minimum atomic E-state index is -3.21. The number of halogens is 1. The SMILES string of the molecule is CC(C)(CN)CCS(=O)(=O)c1cccc(Br)c1. The average molecular weight is 320 g/mol. The molecular formula is C12H18BrNO2S. The van der Waals surface area contributed by atoms with Crippen LogP contribution >= 0.6 is 15.9 Å². The van der Waals surface area contributed by atoms with E-state index in [1.54, 1.807) is 18.2 Å². The van der Waals surface area contributed by atoms with E-state index in [1.807, 2.05) is 19.9 Å². The predicted molar refractivity (Wildman–Crippen MR) is 73.6 cm³/mol. The van der Waals surface area contributed by atoms with Crippen LogP contribution in [0.4, 0.5) is 0 Å². The summed E-state index contributed by atoms with van der Waals surface area (Å²) in [6.07, 6.45) is 0.568. The van der Waals surface area contributed by atoms with Gasteiger partial charge >= 0.3 is 0 Å². The molecule has 1 aromatic rings. The van der Waals surface area contributed by atoms with Gasteiger partial charge in [0.05, 0.1) is 10.6 Å². The molecule has 0 atom stereocenters. The number of benzene rings is 1. The maximum atomic E-state index is 12.1. The molecule has 0 saturated carbocycles. The smallest absolute Gasteiger partial charge is 0.178 e. The summed E-state index contributed by atoms with van der Waals surface area (Å²) < 4.78 is 24.9. The first-order valence-corrected chi connectivity index (χ1v) is 7.90. The van der Waals surface area contributed by atoms with Crippen LogP contribution in [-0.4, -0.2) is 20.7 Å². The lowest BCUT2D eigenvalue weighted by atomic mass is 9.91. The highest BCUT2D eigenvalue weighted by Crippen LogP contribution is 2.23. The van der Waals surface area contributed by atoms with Crippen LogP contribution in [0.3, 0.4) is 0 Å². The second-order valence-corrected chi connectivity index (χ2v) is 7.92. The van der Waals surface area contributed by atoms with Gasteiger partial charge in [-0.15, -0.1) is 0 Å². The molecule has 0 bridgehead atoms. The van der Waals surface area contributed by atoms with Crippen LogP contribution in [0, 0.1) is 5.41 Å². The Morgan fingerprint density at radius 3 is 2.53 bits per heavy atom. The summed E-state index contributed by atoms with van der Waals surface area (Å²) in [5.74, 6) is 0.133. The zero-order valence-electron chi connectivity index (χ0n) is 10.1. The van der Waals surface area contributed by atoms with Crippen molar-refractivity contribution in [1.82, 2.24) is 0 Å². The van der Waals surface area contributed by atoms with E-state index in [0.29, 0.717) is 17.9 Å². The number of hydrogen-bond acceptors (Lipinski definition) is 3. The van der Waals surface area contributed by atoms with Crippen LogP contribution in [0.25, 0.3) is 0 Å². The van der Waals surface area contributed by atoms with Crippen molar-refractivity contribution < 1.29 is 8.42 Å². The Balaban J connectivity index is 2.83. The molecule has 0 saturated heterocycles. The van der Waals surface area contributed by atoms with Gasteiger partial charge in [0.25, 0.3) is 0 Å². The second-order valence-electron chi connectivity index (χ2n) is 4.89. The highest BCUT2D eigenvalue weighted by atomic mass is 79.9. The second kappa shape index (κ2) is 5.50. The van der Waals surface area contributed by atoms with Gasteiger partial charge in [0.1, 0.15) is 0 Å². The molecule has 0 amide bonds. The highest BCUT2D eigenvalue weighted by molar-refractivity contribution is 9.10. The van der Waals surface area contributed by atoms with Gasteiger partial charge in [0.15, 0.2) is 9.84 Å². The van der Waals surface area contributed by atoms with Gasteiger partial charge in [0, 0.05) is 4.47 Å². The van der Waals surface area contributed by atoms with Crippen LogP contribution in [0.2, 0.25) is 0 Å². The van der Waals surface area contributed by atoms with Crippen molar-refractivity contribution >= 4 is 25.8 Å². The van der Waals surface area contributed by atoms with Gasteiger partial charge in [-0.3, -0.25) is 0 Å². The maximum absolute atomic E-state index is 12.1. The van der Waals surface area contributed by atoms with E-state index in [4.69, 9.17) is 5.73 Å². The normalized spacial score (nSPS) is 12.7. The number of rotatable bonds is 5. The Bertz CT molecular complexity index is 483. The van der Waals surface area contributed by atoms with Crippen molar-refractivity contribution in [2.24, 2.45) is 11.1 Å². The summed E-state index contributed by atoms with van der Waals surface area (Å²) in [6, 6.07) is 6.79. The number of nitrogens with two attached hydrogens (primary N) is 1. The first-order chi connectivity index (χ1) is 7.77. The zero-order valence-corrected chi connectivity index (χ0v) is 12.5. The molecule has 3 nitrogen and oxygen atoms in total. The van der Waals surface area contributed by atoms with Crippen LogP contribution < -0.4 is 5.73 Å². The van der Waals surface area contributed by atoms with Crippen molar-refractivity contribution in [3.05, 3.63) is 28.7 Å². The van der Waals surface area contributed by atoms with E-state index in [0.717, 1.165) is 4.47 Å². The fourth-order valence-corrected chi connectivity index (χ4v) is 3.49. The topological polar surface area (TPSA) is 60.2 Å². The van der Waals surface area contributed by atoms with Crippen molar-refractivity contribution in [1.29, 1.82) is 0 Å². The summed E-state index contributed by atoms with van der Waals surface area (Å²) >= 11 is 3.27. The molecule has 0 unspecified atom stereocenters. The standard InChI is InChI=1S/C12H18BrNO2S/c1-12(2,9-14)6-7-17(15,16)11-5-3-4-10(13)8-11/h3-5,8H,6-7,9,14H2,1-2H3. The number of hydrogen-bond donors (Lipinski definition) is 1. The average Bonchev–Trinajstić information content (AvgIpc) is 2.27. The molecule has 1 rings (SSSR count). The Hall–Kier alpha value is -0.390. The molecular weight excluding hydrogens is 302 g/mol. The molecule has 2 N–H and O–H groups in total. The third-order valence-electron chi connectivity index (χ3n) is 2.76. The fourth-order valence-electron chi connectivity index (χ4n) is 1.29. The van der Waals surface area contributed by atoms with Gasteiger partial charge < -0.3 is 5.73 Å². The fraction of sp³-hybridized carbons (Fsp3) is 0.500. The summed E-state index contributed by atoms with van der Waals surface area (Å²) in [7, 11) is -3.21. The Morgan fingerprint density at radius 2 is 2.00 bits per heavy atom. The molecule has 0 spiro atoms. The van der Waals surface area contributed by atoms with Crippen LogP contribution in [0.15, 0.2) is 33.6 Å². The molecule has 96 valence electrons. The highest BCUT2D eigenvalue weighted by Gasteiger charge is 2.21. The van der Waals surface area contributed by atoms with Gasteiger partial charge in [-0.1, -0.05) is 35.8 Å². The zero-order chi connectivity index (χ0) is 13.1. The van der Waals surface area contributed by atoms with E-state index in [1.165, 1.54) is 0 Å². The predicted octanol–water partition coefficient (Wildman–Crippen LogP) is 2.60. The Labute approximate surface area is 111 Å². The van der Waals surface area contributed by atoms with E-state index in [-0.39, 0.29) is 11.2 Å². The molecule has 17 heavy (non-hydrogen) atoms. The monoisotopic (exact) mass is 319 g/mol. The van der Waals surface area contributed by atoms with E-state index in [9.17, 15) is 8.42 Å². The van der Waals surface area contributed by atoms with Crippen molar-refractivity contribution in [2.75, 3.05) is 12.3 Å². The molecule has 5 heteroatoms. The molecule has 0 radical (unpaired) electrons. The molecule has 0 aliphatic rings. The molecule has 0 aromatic heterocycles. The quantitative estimate of drug-likeness (QED) is 0.907. The van der Waals surface area contributed by atoms with Gasteiger partial charge in [-0.2, -0.15) is 0 Å². The maximum Gasteiger partial charge on any atom is 0.178 e. The minimum Gasteiger partial charge on any atom is -0.330 e. The largest absolute Gasteiger partial charge is 0.330 e. The van der Waals surface area contributed by atoms with E-state index >= 15 is 0 Å². The summed E-state index contributed by atoms with van der Waals surface area (Å²) in [6.45, 7) is 4.44. The molecule has 0 aliphatic carbocycles. The summed E-state index contributed by atoms with van der Waals surface area (Å²) in [5, 5.41) is 0. The lowest BCUT2D eigenvalue weighted by Gasteiger charge is -2.21. The van der Waals surface area contributed by atoms with Crippen molar-refractivity contribution in [2.45, 2.75) is 25.2 Å². The van der Waals surface area contributed by atoms with Gasteiger partial charge in [-0.25, -0.2) is 8.42 Å². The first kappa shape index (κ1) is 14.7. The van der Waals surface area contributed by atoms with E-state index < -0.39 is 9.84 Å². The third-order valence-corrected chi connectivity index (χ3v) is 4.96. The molecule has 1 aromatic carbocycles. The lowest BCUT2D eigenvalue weighted by molar-refractivity contribution is 0.365. The van der Waals surface area contributed by atoms with Gasteiger partial charge in [-0.05, 0) is 36.6 Å². The van der Waals surface area contributed by atoms with Crippen molar-refractivity contribution in [3.8, 4) is 0 Å². The Morgan fingerprint density at radius 1 is 1.35 bits per heavy atom. The van der Waals surface area contributed by atoms with E-state index in [2.05, 4.69) is 15.9 Å². The number of sulfone groups is 1. The first-order valence-electron chi connectivity index (χ1n) is 5.45. The summed E-state index contributed by atoms with van der Waals surface area (Å²) in [4.78, 5) is 0.361. The van der Waals surface area contributed by atoms with Crippen LogP contribution in [-0.2, 0) is 9.84 Å². The van der Waals surface area contributed by atoms with Gasteiger partial charge in [0.2, 0.25) is 0 Å². The molecule has 0 fully saturated rings. The molecule has 0 heterocycles. The van der Waals surface area contributed by atoms with Crippen LogP contribution in [0.5, 0.6) is 0 Å². The lowest BCUT2D eigenvalue weighted by Crippen LogP contribution is -2.26. The van der Waals surface area contributed by atoms with Crippen LogP contribution in [0.1, 0.15) is 20.3 Å². The van der Waals surface area contributed by atoms with Crippen molar-refractivity contribution in [3.63, 3.8) is 0 Å². The molecule has 0 aliphatic heterocycles.